The monoisotopic (exact) mass is 242 g/mol. The Labute approximate surface area is 100 Å². The zero-order valence-corrected chi connectivity index (χ0v) is 11.1. The molecule has 1 rings (SSSR count). The molecule has 1 aromatic rings. The Bertz CT molecular complexity index is 353. The molecule has 0 unspecified atom stereocenters. The van der Waals surface area contributed by atoms with Gasteiger partial charge in [0.25, 0.3) is 0 Å². The van der Waals surface area contributed by atoms with E-state index in [1.165, 1.54) is 11.3 Å². The molecule has 1 aromatic heterocycles. The molecule has 4 nitrogen and oxygen atoms in total. The molecule has 0 saturated heterocycles. The number of aromatic nitrogens is 1. The van der Waals surface area contributed by atoms with Gasteiger partial charge in [-0.1, -0.05) is 0 Å². The lowest BCUT2D eigenvalue weighted by Gasteiger charge is -2.26. The summed E-state index contributed by atoms with van der Waals surface area (Å²) < 4.78 is 5.20. The standard InChI is InChI=1S/C11H18N2O2S/c1-10(2,3)15-9(14)13-11(4,5)8-12-6-7-16-8/h6-7H,1-5H3,(H,13,14). The van der Waals surface area contributed by atoms with Crippen LogP contribution in [0.5, 0.6) is 0 Å². The number of rotatable bonds is 2. The topological polar surface area (TPSA) is 51.2 Å². The number of carbonyl (C=O) groups excluding carboxylic acids is 1. The van der Waals surface area contributed by atoms with Crippen LogP contribution in [-0.2, 0) is 10.3 Å². The van der Waals surface area contributed by atoms with Gasteiger partial charge >= 0.3 is 6.09 Å². The first-order valence-corrected chi connectivity index (χ1v) is 6.00. The molecule has 0 atom stereocenters. The molecular formula is C11H18N2O2S. The molecule has 5 heteroatoms. The number of nitrogens with zero attached hydrogens (tertiary/aromatic N) is 1. The Morgan fingerprint density at radius 2 is 2.00 bits per heavy atom. The van der Waals surface area contributed by atoms with Gasteiger partial charge in [-0.15, -0.1) is 11.3 Å². The average Bonchev–Trinajstić information content (AvgIpc) is 2.49. The van der Waals surface area contributed by atoms with E-state index in [0.29, 0.717) is 0 Å². The fourth-order valence-electron chi connectivity index (χ4n) is 1.14. The zero-order valence-electron chi connectivity index (χ0n) is 10.3. The van der Waals surface area contributed by atoms with Crippen molar-refractivity contribution in [2.45, 2.75) is 45.8 Å². The van der Waals surface area contributed by atoms with Crippen molar-refractivity contribution in [2.75, 3.05) is 0 Å². The van der Waals surface area contributed by atoms with E-state index in [-0.39, 0.29) is 0 Å². The van der Waals surface area contributed by atoms with Crippen LogP contribution in [0.4, 0.5) is 4.79 Å². The molecule has 0 aromatic carbocycles. The molecule has 0 saturated carbocycles. The maximum Gasteiger partial charge on any atom is 0.408 e. The molecule has 0 bridgehead atoms. The Balaban J connectivity index is 2.64. The quantitative estimate of drug-likeness (QED) is 0.867. The van der Waals surface area contributed by atoms with Crippen molar-refractivity contribution in [3.63, 3.8) is 0 Å². The number of nitrogens with one attached hydrogen (secondary N) is 1. The summed E-state index contributed by atoms with van der Waals surface area (Å²) in [6, 6.07) is 0. The van der Waals surface area contributed by atoms with E-state index in [1.807, 2.05) is 40.0 Å². The molecule has 0 spiro atoms. The normalized spacial score (nSPS) is 12.3. The van der Waals surface area contributed by atoms with Crippen LogP contribution >= 0.6 is 11.3 Å². The summed E-state index contributed by atoms with van der Waals surface area (Å²) in [5.41, 5.74) is -0.987. The molecule has 90 valence electrons. The Hall–Kier alpha value is -1.10. The second kappa shape index (κ2) is 4.41. The van der Waals surface area contributed by atoms with E-state index in [1.54, 1.807) is 6.20 Å². The number of amides is 1. The van der Waals surface area contributed by atoms with Gasteiger partial charge in [0.15, 0.2) is 0 Å². The molecule has 0 aliphatic rings. The third-order valence-electron chi connectivity index (χ3n) is 1.78. The summed E-state index contributed by atoms with van der Waals surface area (Å²) in [5.74, 6) is 0. The van der Waals surface area contributed by atoms with Gasteiger partial charge in [0, 0.05) is 11.6 Å². The van der Waals surface area contributed by atoms with Crippen molar-refractivity contribution in [2.24, 2.45) is 0 Å². The van der Waals surface area contributed by atoms with Crippen LogP contribution < -0.4 is 5.32 Å². The van der Waals surface area contributed by atoms with Crippen LogP contribution in [0.15, 0.2) is 11.6 Å². The lowest BCUT2D eigenvalue weighted by molar-refractivity contribution is 0.0470. The van der Waals surface area contributed by atoms with Crippen LogP contribution in [0.2, 0.25) is 0 Å². The molecular weight excluding hydrogens is 224 g/mol. The summed E-state index contributed by atoms with van der Waals surface area (Å²) in [5, 5.41) is 5.54. The summed E-state index contributed by atoms with van der Waals surface area (Å²) in [4.78, 5) is 15.8. The predicted molar refractivity (Wildman–Crippen MR) is 64.5 cm³/mol. The van der Waals surface area contributed by atoms with E-state index < -0.39 is 17.2 Å². The minimum Gasteiger partial charge on any atom is -0.444 e. The van der Waals surface area contributed by atoms with Crippen molar-refractivity contribution in [1.29, 1.82) is 0 Å². The van der Waals surface area contributed by atoms with E-state index in [2.05, 4.69) is 10.3 Å². The molecule has 0 fully saturated rings. The summed E-state index contributed by atoms with van der Waals surface area (Å²) in [7, 11) is 0. The van der Waals surface area contributed by atoms with Crippen LogP contribution in [0.25, 0.3) is 0 Å². The highest BCUT2D eigenvalue weighted by atomic mass is 32.1. The van der Waals surface area contributed by atoms with E-state index in [0.717, 1.165) is 5.01 Å². The number of thiazole rings is 1. The molecule has 0 radical (unpaired) electrons. The van der Waals surface area contributed by atoms with E-state index >= 15 is 0 Å². The molecule has 16 heavy (non-hydrogen) atoms. The zero-order chi connectivity index (χ0) is 12.4. The minimum absolute atomic E-state index is 0.423. The van der Waals surface area contributed by atoms with Crippen molar-refractivity contribution in [3.8, 4) is 0 Å². The van der Waals surface area contributed by atoms with Crippen molar-refractivity contribution < 1.29 is 9.53 Å². The Kier molecular flexibility index (Phi) is 3.57. The Morgan fingerprint density at radius 1 is 1.38 bits per heavy atom. The van der Waals surface area contributed by atoms with Crippen molar-refractivity contribution in [3.05, 3.63) is 16.6 Å². The maximum atomic E-state index is 11.6. The smallest absolute Gasteiger partial charge is 0.408 e. The van der Waals surface area contributed by atoms with E-state index in [9.17, 15) is 4.79 Å². The predicted octanol–water partition coefficient (Wildman–Crippen LogP) is 2.90. The van der Waals surface area contributed by atoms with E-state index in [4.69, 9.17) is 4.74 Å². The first-order chi connectivity index (χ1) is 7.21. The lowest BCUT2D eigenvalue weighted by atomic mass is 10.1. The lowest BCUT2D eigenvalue weighted by Crippen LogP contribution is -2.43. The molecule has 1 heterocycles. The van der Waals surface area contributed by atoms with Crippen LogP contribution in [0, 0.1) is 0 Å². The average molecular weight is 242 g/mol. The van der Waals surface area contributed by atoms with Gasteiger partial charge in [-0.05, 0) is 34.6 Å². The molecule has 1 N–H and O–H groups in total. The van der Waals surface area contributed by atoms with Gasteiger partial charge in [0.1, 0.15) is 10.6 Å². The van der Waals surface area contributed by atoms with Crippen molar-refractivity contribution in [1.82, 2.24) is 10.3 Å². The molecule has 1 amide bonds. The van der Waals surface area contributed by atoms with Crippen LogP contribution in [-0.4, -0.2) is 16.7 Å². The van der Waals surface area contributed by atoms with Crippen LogP contribution in [0.1, 0.15) is 39.6 Å². The van der Waals surface area contributed by atoms with Gasteiger partial charge in [-0.2, -0.15) is 0 Å². The van der Waals surface area contributed by atoms with Crippen molar-refractivity contribution >= 4 is 17.4 Å². The summed E-state index contributed by atoms with van der Waals surface area (Å²) >= 11 is 1.51. The first-order valence-electron chi connectivity index (χ1n) is 5.12. The Morgan fingerprint density at radius 3 is 2.44 bits per heavy atom. The van der Waals surface area contributed by atoms with Gasteiger partial charge < -0.3 is 10.1 Å². The third kappa shape index (κ3) is 3.81. The molecule has 0 aliphatic carbocycles. The third-order valence-corrected chi connectivity index (χ3v) is 2.88. The minimum atomic E-state index is -0.503. The van der Waals surface area contributed by atoms with Crippen LogP contribution in [0.3, 0.4) is 0 Å². The number of hydrogen-bond donors (Lipinski definition) is 1. The fourth-order valence-corrected chi connectivity index (χ4v) is 1.86. The number of ether oxygens (including phenoxy) is 1. The van der Waals surface area contributed by atoms with Gasteiger partial charge in [0.05, 0.1) is 5.54 Å². The number of hydrogen-bond acceptors (Lipinski definition) is 4. The first kappa shape index (κ1) is 13.0. The maximum absolute atomic E-state index is 11.6. The van der Waals surface area contributed by atoms with Gasteiger partial charge in [-0.25, -0.2) is 9.78 Å². The second-order valence-electron chi connectivity index (χ2n) is 5.09. The molecule has 0 aliphatic heterocycles. The van der Waals surface area contributed by atoms with Gasteiger partial charge in [-0.3, -0.25) is 0 Å². The fraction of sp³-hybridized carbons (Fsp3) is 0.636. The number of carbonyl (C=O) groups is 1. The SMILES string of the molecule is CC(C)(C)OC(=O)NC(C)(C)c1nccs1. The largest absolute Gasteiger partial charge is 0.444 e. The highest BCUT2D eigenvalue weighted by Crippen LogP contribution is 2.22. The summed E-state index contributed by atoms with van der Waals surface area (Å²) in [6.45, 7) is 9.31. The summed E-state index contributed by atoms with van der Waals surface area (Å²) in [6.07, 6.45) is 1.30. The number of alkyl carbamates (subject to hydrolysis) is 1. The highest BCUT2D eigenvalue weighted by molar-refractivity contribution is 7.09. The highest BCUT2D eigenvalue weighted by Gasteiger charge is 2.28. The van der Waals surface area contributed by atoms with Gasteiger partial charge in [0.2, 0.25) is 0 Å². The second-order valence-corrected chi connectivity index (χ2v) is 5.98.